The molecule has 1 atom stereocenters. The van der Waals surface area contributed by atoms with Crippen LogP contribution in [0, 0.1) is 0 Å². The van der Waals surface area contributed by atoms with Gasteiger partial charge in [0.2, 0.25) is 0 Å². The molecule has 0 aliphatic carbocycles. The third-order valence-corrected chi connectivity index (χ3v) is 3.78. The lowest BCUT2D eigenvalue weighted by Gasteiger charge is -2.02. The number of halogens is 1. The van der Waals surface area contributed by atoms with Gasteiger partial charge in [-0.25, -0.2) is 4.98 Å². The van der Waals surface area contributed by atoms with E-state index in [1.807, 2.05) is 36.6 Å². The van der Waals surface area contributed by atoms with Crippen LogP contribution in [0.1, 0.15) is 18.5 Å². The first-order valence-electron chi connectivity index (χ1n) is 5.03. The van der Waals surface area contributed by atoms with Crippen molar-refractivity contribution < 1.29 is 5.11 Å². The zero-order valence-corrected chi connectivity index (χ0v) is 11.3. The van der Waals surface area contributed by atoms with Crippen LogP contribution in [0.4, 0.5) is 0 Å². The Labute approximate surface area is 107 Å². The molecule has 84 valence electrons. The predicted octanol–water partition coefficient (Wildman–Crippen LogP) is 3.67. The molecule has 4 heteroatoms. The highest BCUT2D eigenvalue weighted by atomic mass is 79.9. The molecule has 1 unspecified atom stereocenters. The smallest absolute Gasteiger partial charge is 0.123 e. The van der Waals surface area contributed by atoms with E-state index >= 15 is 0 Å². The molecule has 0 aliphatic rings. The molecule has 0 bridgehead atoms. The highest BCUT2D eigenvalue weighted by Crippen LogP contribution is 2.28. The van der Waals surface area contributed by atoms with Gasteiger partial charge in [0.1, 0.15) is 5.01 Å². The lowest BCUT2D eigenvalue weighted by molar-refractivity contribution is 0.271. The van der Waals surface area contributed by atoms with Gasteiger partial charge in [-0.1, -0.05) is 35.0 Å². The van der Waals surface area contributed by atoms with Crippen LogP contribution < -0.4 is 0 Å². The minimum absolute atomic E-state index is 0.108. The number of aliphatic hydroxyl groups excluding tert-OH is 1. The number of hydrogen-bond acceptors (Lipinski definition) is 3. The van der Waals surface area contributed by atoms with Crippen LogP contribution in [0.15, 0.2) is 34.1 Å². The van der Waals surface area contributed by atoms with Crippen LogP contribution in [0.5, 0.6) is 0 Å². The van der Waals surface area contributed by atoms with E-state index in [1.165, 1.54) is 0 Å². The molecule has 2 aromatic rings. The van der Waals surface area contributed by atoms with Gasteiger partial charge in [-0.05, 0) is 12.1 Å². The maximum Gasteiger partial charge on any atom is 0.123 e. The van der Waals surface area contributed by atoms with Gasteiger partial charge in [-0.3, -0.25) is 0 Å². The highest BCUT2D eigenvalue weighted by molar-refractivity contribution is 9.10. The van der Waals surface area contributed by atoms with Crippen molar-refractivity contribution in [3.63, 3.8) is 0 Å². The minimum Gasteiger partial charge on any atom is -0.396 e. The average Bonchev–Trinajstić information content (AvgIpc) is 2.77. The molecule has 2 nitrogen and oxygen atoms in total. The van der Waals surface area contributed by atoms with Crippen LogP contribution in [-0.4, -0.2) is 16.7 Å². The fourth-order valence-electron chi connectivity index (χ4n) is 1.36. The summed E-state index contributed by atoms with van der Waals surface area (Å²) in [6.07, 6.45) is 0. The Kier molecular flexibility index (Phi) is 3.74. The molecular formula is C12H12BrNOS. The van der Waals surface area contributed by atoms with E-state index in [1.54, 1.807) is 11.3 Å². The second kappa shape index (κ2) is 5.08. The van der Waals surface area contributed by atoms with Crippen molar-refractivity contribution >= 4 is 27.3 Å². The number of rotatable bonds is 3. The molecule has 0 amide bonds. The monoisotopic (exact) mass is 297 g/mol. The van der Waals surface area contributed by atoms with E-state index in [0.717, 1.165) is 20.7 Å². The Bertz CT molecular complexity index is 483. The van der Waals surface area contributed by atoms with Gasteiger partial charge in [-0.15, -0.1) is 11.3 Å². The molecule has 0 radical (unpaired) electrons. The van der Waals surface area contributed by atoms with E-state index in [9.17, 15) is 0 Å². The maximum absolute atomic E-state index is 9.07. The first-order chi connectivity index (χ1) is 7.70. The van der Waals surface area contributed by atoms with Gasteiger partial charge in [0, 0.05) is 21.3 Å². The normalized spacial score (nSPS) is 12.7. The quantitative estimate of drug-likeness (QED) is 0.938. The van der Waals surface area contributed by atoms with E-state index < -0.39 is 0 Å². The van der Waals surface area contributed by atoms with E-state index in [-0.39, 0.29) is 12.5 Å². The third-order valence-electron chi connectivity index (χ3n) is 2.37. The fraction of sp³-hybridized carbons (Fsp3) is 0.250. The molecule has 1 aromatic carbocycles. The molecule has 1 aromatic heterocycles. The SMILES string of the molecule is CC(CO)c1csc(-c2cccc(Br)c2)n1. The molecule has 0 saturated carbocycles. The topological polar surface area (TPSA) is 33.1 Å². The predicted molar refractivity (Wildman–Crippen MR) is 70.8 cm³/mol. The number of aromatic nitrogens is 1. The van der Waals surface area contributed by atoms with Gasteiger partial charge in [0.15, 0.2) is 0 Å². The van der Waals surface area contributed by atoms with Crippen molar-refractivity contribution in [2.24, 2.45) is 0 Å². The Morgan fingerprint density at radius 3 is 3.00 bits per heavy atom. The van der Waals surface area contributed by atoms with Crippen molar-refractivity contribution in [2.75, 3.05) is 6.61 Å². The number of thiazole rings is 1. The molecule has 1 N–H and O–H groups in total. The van der Waals surface area contributed by atoms with Gasteiger partial charge in [-0.2, -0.15) is 0 Å². The maximum atomic E-state index is 9.07. The molecule has 0 saturated heterocycles. The summed E-state index contributed by atoms with van der Waals surface area (Å²) in [6, 6.07) is 8.08. The van der Waals surface area contributed by atoms with Crippen LogP contribution in [0.25, 0.3) is 10.6 Å². The largest absolute Gasteiger partial charge is 0.396 e. The van der Waals surface area contributed by atoms with Gasteiger partial charge >= 0.3 is 0 Å². The Hall–Kier alpha value is -0.710. The molecule has 0 spiro atoms. The van der Waals surface area contributed by atoms with Crippen LogP contribution >= 0.6 is 27.3 Å². The summed E-state index contributed by atoms with van der Waals surface area (Å²) >= 11 is 5.06. The van der Waals surface area contributed by atoms with Gasteiger partial charge < -0.3 is 5.11 Å². The molecule has 1 heterocycles. The minimum atomic E-state index is 0.108. The first kappa shape index (κ1) is 11.8. The zero-order valence-electron chi connectivity index (χ0n) is 8.85. The van der Waals surface area contributed by atoms with Crippen molar-refractivity contribution in [2.45, 2.75) is 12.8 Å². The van der Waals surface area contributed by atoms with E-state index in [0.29, 0.717) is 0 Å². The third kappa shape index (κ3) is 2.51. The molecule has 16 heavy (non-hydrogen) atoms. The van der Waals surface area contributed by atoms with E-state index in [2.05, 4.69) is 20.9 Å². The van der Waals surface area contributed by atoms with Gasteiger partial charge in [0.25, 0.3) is 0 Å². The van der Waals surface area contributed by atoms with Crippen LogP contribution in [0.2, 0.25) is 0 Å². The first-order valence-corrected chi connectivity index (χ1v) is 6.70. The zero-order chi connectivity index (χ0) is 11.5. The number of hydrogen-bond donors (Lipinski definition) is 1. The fourth-order valence-corrected chi connectivity index (χ4v) is 2.70. The summed E-state index contributed by atoms with van der Waals surface area (Å²) in [6.45, 7) is 2.11. The van der Waals surface area contributed by atoms with E-state index in [4.69, 9.17) is 5.11 Å². The second-order valence-corrected chi connectivity index (χ2v) is 5.45. The summed E-state index contributed by atoms with van der Waals surface area (Å²) in [5.41, 5.74) is 2.07. The van der Waals surface area contributed by atoms with Gasteiger partial charge in [0.05, 0.1) is 12.3 Å². The second-order valence-electron chi connectivity index (χ2n) is 3.67. The van der Waals surface area contributed by atoms with Crippen LogP contribution in [-0.2, 0) is 0 Å². The molecule has 0 fully saturated rings. The van der Waals surface area contributed by atoms with Crippen molar-refractivity contribution in [3.8, 4) is 10.6 Å². The van der Waals surface area contributed by atoms with Crippen molar-refractivity contribution in [3.05, 3.63) is 39.8 Å². The highest BCUT2D eigenvalue weighted by Gasteiger charge is 2.10. The van der Waals surface area contributed by atoms with Crippen LogP contribution in [0.3, 0.4) is 0 Å². The average molecular weight is 298 g/mol. The number of benzene rings is 1. The summed E-state index contributed by atoms with van der Waals surface area (Å²) < 4.78 is 1.05. The summed E-state index contributed by atoms with van der Waals surface area (Å²) in [5, 5.41) is 12.1. The standard InChI is InChI=1S/C12H12BrNOS/c1-8(6-15)11-7-16-12(14-11)9-3-2-4-10(13)5-9/h2-5,7-8,15H,6H2,1H3. The van der Waals surface area contributed by atoms with Crippen molar-refractivity contribution in [1.29, 1.82) is 0 Å². The Morgan fingerprint density at radius 1 is 1.50 bits per heavy atom. The number of nitrogens with zero attached hydrogens (tertiary/aromatic N) is 1. The lowest BCUT2D eigenvalue weighted by Crippen LogP contribution is -1.98. The molecule has 2 rings (SSSR count). The summed E-state index contributed by atoms with van der Waals surface area (Å²) in [7, 11) is 0. The number of aliphatic hydroxyl groups is 1. The lowest BCUT2D eigenvalue weighted by atomic mass is 10.1. The Morgan fingerprint density at radius 2 is 2.31 bits per heavy atom. The summed E-state index contributed by atoms with van der Waals surface area (Å²) in [4.78, 5) is 4.53. The molecular weight excluding hydrogens is 286 g/mol. The molecule has 0 aliphatic heterocycles. The Balaban J connectivity index is 2.31. The summed E-state index contributed by atoms with van der Waals surface area (Å²) in [5.74, 6) is 0.108. The van der Waals surface area contributed by atoms with Crippen molar-refractivity contribution in [1.82, 2.24) is 4.98 Å².